The van der Waals surface area contributed by atoms with Gasteiger partial charge < -0.3 is 10.6 Å². The number of anilines is 2. The van der Waals surface area contributed by atoms with Gasteiger partial charge in [-0.15, -0.1) is 23.2 Å². The van der Waals surface area contributed by atoms with E-state index in [1.54, 1.807) is 0 Å². The van der Waals surface area contributed by atoms with Crippen molar-refractivity contribution in [1.82, 2.24) is 0 Å². The summed E-state index contributed by atoms with van der Waals surface area (Å²) in [5, 5.41) is 3.73. The van der Waals surface area contributed by atoms with Crippen LogP contribution in [0.4, 0.5) is 68.5 Å². The van der Waals surface area contributed by atoms with E-state index in [1.807, 2.05) is 5.32 Å². The van der Waals surface area contributed by atoms with Gasteiger partial charge in [-0.1, -0.05) is 17.7 Å². The van der Waals surface area contributed by atoms with Crippen LogP contribution >= 0.6 is 34.8 Å². The molecule has 280 valence electrons. The monoisotopic (exact) mass is 818 g/mol. The summed E-state index contributed by atoms with van der Waals surface area (Å²) >= 11 is 18.3. The van der Waals surface area contributed by atoms with Crippen LogP contribution in [0, 0.1) is 23.4 Å². The predicted octanol–water partition coefficient (Wildman–Crippen LogP) is 9.23. The summed E-state index contributed by atoms with van der Waals surface area (Å²) in [6.45, 7) is 0. The van der Waals surface area contributed by atoms with Crippen molar-refractivity contribution >= 4 is 63.8 Å². The number of alkyl halides is 12. The van der Waals surface area contributed by atoms with E-state index in [9.17, 15) is 67.1 Å². The molecule has 0 radical (unpaired) electrons. The van der Waals surface area contributed by atoms with Gasteiger partial charge in [0.05, 0.1) is 27.8 Å². The van der Waals surface area contributed by atoms with Crippen LogP contribution in [0.25, 0.3) is 0 Å². The predicted molar refractivity (Wildman–Crippen MR) is 155 cm³/mol. The molecule has 0 aromatic heterocycles. The third kappa shape index (κ3) is 6.32. The minimum atomic E-state index is -6.55. The van der Waals surface area contributed by atoms with Gasteiger partial charge in [0.1, 0.15) is 16.0 Å². The van der Waals surface area contributed by atoms with Crippen molar-refractivity contribution in [1.29, 1.82) is 0 Å². The number of carbonyl (C=O) groups is 3. The average molecular weight is 820 g/mol. The Bertz CT molecular complexity index is 2010. The Morgan fingerprint density at radius 2 is 1.42 bits per heavy atom. The van der Waals surface area contributed by atoms with E-state index in [0.717, 1.165) is 24.3 Å². The zero-order valence-corrected chi connectivity index (χ0v) is 26.9. The molecule has 1 saturated carbocycles. The van der Waals surface area contributed by atoms with Crippen LogP contribution in [0.2, 0.25) is 5.02 Å². The number of benzene rings is 3. The highest BCUT2D eigenvalue weighted by molar-refractivity contribution is 6.53. The summed E-state index contributed by atoms with van der Waals surface area (Å²) < 4.78 is 180. The molecule has 52 heavy (non-hydrogen) atoms. The molecule has 2 aliphatic rings. The second kappa shape index (κ2) is 12.7. The Kier molecular flexibility index (Phi) is 9.59. The van der Waals surface area contributed by atoms with E-state index < -0.39 is 115 Å². The molecule has 1 saturated heterocycles. The normalized spacial score (nSPS) is 23.9. The lowest BCUT2D eigenvalue weighted by atomic mass is 9.96. The Hall–Kier alpha value is -3.81. The molecule has 0 bridgehead atoms. The molecule has 1 aliphatic carbocycles. The van der Waals surface area contributed by atoms with Crippen LogP contribution < -0.4 is 10.6 Å². The van der Waals surface area contributed by atoms with Gasteiger partial charge in [-0.25, -0.2) is 13.2 Å². The summed E-state index contributed by atoms with van der Waals surface area (Å²) in [7, 11) is 0. The van der Waals surface area contributed by atoms with Crippen LogP contribution in [0.3, 0.4) is 0 Å². The molecule has 3 aromatic carbocycles. The number of ketones is 1. The molecule has 22 heteroatoms. The first kappa shape index (κ1) is 39.4. The van der Waals surface area contributed by atoms with Gasteiger partial charge in [0.2, 0.25) is 11.7 Å². The van der Waals surface area contributed by atoms with Gasteiger partial charge >= 0.3 is 30.0 Å². The van der Waals surface area contributed by atoms with Crippen LogP contribution in [-0.4, -0.2) is 45.7 Å². The maximum absolute atomic E-state index is 15.2. The minimum Gasteiger partial charge on any atom is -0.326 e. The largest absolute Gasteiger partial charge is 0.429 e. The van der Waals surface area contributed by atoms with E-state index >= 15 is 4.39 Å². The smallest absolute Gasteiger partial charge is 0.326 e. The third-order valence-corrected chi connectivity index (χ3v) is 9.30. The number of nitrogens with one attached hydrogen (secondary N) is 2. The SMILES string of the molecule is O=C(Nc1ccc(F)c(CC(=O)C2(F)OC(F)(F)C(F)(F)C2(F)F)c1F)c1cc(NC(=O)[C@H]2[C@H](c3ccc(F)c(C(F)(F)F)c3)C2(Cl)Cl)ccc1Cl. The number of hydrogen-bond donors (Lipinski definition) is 2. The van der Waals surface area contributed by atoms with Crippen molar-refractivity contribution in [2.75, 3.05) is 10.6 Å². The van der Waals surface area contributed by atoms with Crippen LogP contribution in [0.1, 0.15) is 33.0 Å². The van der Waals surface area contributed by atoms with Gasteiger partial charge in [0.25, 0.3) is 5.91 Å². The molecule has 0 spiro atoms. The molecule has 2 amide bonds. The van der Waals surface area contributed by atoms with Gasteiger partial charge in [-0.3, -0.25) is 19.1 Å². The average Bonchev–Trinajstić information content (AvgIpc) is 3.58. The summed E-state index contributed by atoms with van der Waals surface area (Å²) in [5.41, 5.74) is -5.40. The van der Waals surface area contributed by atoms with Gasteiger partial charge in [-0.05, 0) is 48.0 Å². The minimum absolute atomic E-state index is 0.237. The highest BCUT2D eigenvalue weighted by Gasteiger charge is 2.91. The summed E-state index contributed by atoms with van der Waals surface area (Å²) in [5.74, 6) is -32.1. The molecule has 1 heterocycles. The number of ether oxygens (including phenoxy) is 1. The highest BCUT2D eigenvalue weighted by Crippen LogP contribution is 2.65. The molecule has 6 nitrogen and oxygen atoms in total. The first-order valence-electron chi connectivity index (χ1n) is 13.9. The molecule has 5 rings (SSSR count). The summed E-state index contributed by atoms with van der Waals surface area (Å²) in [4.78, 5) is 38.3. The number of carbonyl (C=O) groups excluding carboxylic acids is 3. The van der Waals surface area contributed by atoms with Gasteiger partial charge in [-0.2, -0.15) is 43.9 Å². The van der Waals surface area contributed by atoms with Crippen molar-refractivity contribution in [3.05, 3.63) is 93.3 Å². The molecule has 3 aromatic rings. The number of hydrogen-bond acceptors (Lipinski definition) is 4. The Morgan fingerprint density at radius 3 is 2.00 bits per heavy atom. The molecular formula is C30H14Cl3F13N2O4. The van der Waals surface area contributed by atoms with E-state index in [1.165, 1.54) is 0 Å². The topological polar surface area (TPSA) is 84.5 Å². The fourth-order valence-corrected chi connectivity index (χ4v) is 6.29. The van der Waals surface area contributed by atoms with Crippen molar-refractivity contribution in [3.8, 4) is 0 Å². The molecule has 1 aliphatic heterocycles. The van der Waals surface area contributed by atoms with Crippen molar-refractivity contribution in [2.24, 2.45) is 5.92 Å². The Balaban J connectivity index is 1.34. The standard InChI is InChI=1S/C30H14Cl3F13N2O4/c31-15-3-2-11(47-24(51)21-20(25(21,32)33)10-1-4-17(35)14(7-10)27(38,39)40)8-12(15)23(50)48-18-6-5-16(34)13(22(18)36)9-19(49)26(37)28(41,42)29(43,44)30(45,46)52-26/h1-8,20-21H,9H2,(H,47,51)(H,48,50)/t20-,21+,26?/m0/s1. The highest BCUT2D eigenvalue weighted by atomic mass is 35.5. The first-order valence-corrected chi connectivity index (χ1v) is 15.0. The Morgan fingerprint density at radius 1 is 0.808 bits per heavy atom. The van der Waals surface area contributed by atoms with Crippen LogP contribution in [0.5, 0.6) is 0 Å². The molecule has 1 unspecified atom stereocenters. The van der Waals surface area contributed by atoms with Gasteiger partial charge in [0.15, 0.2) is 5.82 Å². The Labute approximate surface area is 296 Å². The van der Waals surface area contributed by atoms with E-state index in [-0.39, 0.29) is 11.3 Å². The number of amides is 2. The maximum Gasteiger partial charge on any atom is 0.429 e. The van der Waals surface area contributed by atoms with Crippen LogP contribution in [-0.2, 0) is 26.9 Å². The van der Waals surface area contributed by atoms with Crippen molar-refractivity contribution in [3.63, 3.8) is 0 Å². The fourth-order valence-electron chi connectivity index (χ4n) is 5.26. The summed E-state index contributed by atoms with van der Waals surface area (Å²) in [6.07, 6.45) is -13.5. The molecular weight excluding hydrogens is 806 g/mol. The second-order valence-corrected chi connectivity index (χ2v) is 13.2. The molecule has 3 atom stereocenters. The van der Waals surface area contributed by atoms with Gasteiger partial charge in [0, 0.05) is 23.6 Å². The van der Waals surface area contributed by atoms with Crippen molar-refractivity contribution < 1.29 is 76.2 Å². The molecule has 2 N–H and O–H groups in total. The van der Waals surface area contributed by atoms with E-state index in [0.29, 0.717) is 24.3 Å². The number of Topliss-reactive ketones (excluding diaryl/α,β-unsaturated/α-hetero) is 1. The lowest BCUT2D eigenvalue weighted by Gasteiger charge is -2.25. The third-order valence-electron chi connectivity index (χ3n) is 8.03. The van der Waals surface area contributed by atoms with Crippen molar-refractivity contribution in [2.45, 2.75) is 46.7 Å². The second-order valence-electron chi connectivity index (χ2n) is 11.4. The zero-order valence-electron chi connectivity index (χ0n) is 24.7. The van der Waals surface area contributed by atoms with E-state index in [4.69, 9.17) is 34.8 Å². The van der Waals surface area contributed by atoms with Crippen LogP contribution in [0.15, 0.2) is 48.5 Å². The lowest BCUT2D eigenvalue weighted by Crippen LogP contribution is -2.56. The van der Waals surface area contributed by atoms with E-state index in [2.05, 4.69) is 10.1 Å². The lowest BCUT2D eigenvalue weighted by molar-refractivity contribution is -0.333. The maximum atomic E-state index is 15.2. The summed E-state index contributed by atoms with van der Waals surface area (Å²) in [6, 6.07) is 5.67. The quantitative estimate of drug-likeness (QED) is 0.176. The first-order chi connectivity index (χ1) is 23.7. The molecule has 2 fully saturated rings. The zero-order chi connectivity index (χ0) is 39.1. The fraction of sp³-hybridized carbons (Fsp3) is 0.300. The number of rotatable bonds is 8. The number of halogens is 16.